The minimum absolute atomic E-state index is 0.828. The molecule has 0 bridgehead atoms. The highest BCUT2D eigenvalue weighted by atomic mass is 16.5. The number of rotatable bonds is 3. The van der Waals surface area contributed by atoms with Crippen molar-refractivity contribution in [1.82, 2.24) is 0 Å². The van der Waals surface area contributed by atoms with Crippen LogP contribution in [-0.4, -0.2) is 6.61 Å². The molecule has 1 nitrogen and oxygen atoms in total. The fraction of sp³-hybridized carbons (Fsp3) is 0.455. The average molecular weight is 161 g/mol. The van der Waals surface area contributed by atoms with Crippen molar-refractivity contribution in [2.24, 2.45) is 5.92 Å². The van der Waals surface area contributed by atoms with Gasteiger partial charge in [0, 0.05) is 0 Å². The second-order valence-corrected chi connectivity index (χ2v) is 3.46. The molecule has 1 fully saturated rings. The summed E-state index contributed by atoms with van der Waals surface area (Å²) in [7, 11) is 0. The lowest BCUT2D eigenvalue weighted by atomic mass is 10.2. The molecule has 0 N–H and O–H groups in total. The lowest BCUT2D eigenvalue weighted by Gasteiger charge is -2.04. The van der Waals surface area contributed by atoms with Gasteiger partial charge in [0.05, 0.1) is 6.61 Å². The van der Waals surface area contributed by atoms with Gasteiger partial charge in [-0.1, -0.05) is 6.07 Å². The molecule has 1 aromatic carbocycles. The van der Waals surface area contributed by atoms with Gasteiger partial charge in [0.15, 0.2) is 0 Å². The van der Waals surface area contributed by atoms with Crippen molar-refractivity contribution >= 4 is 0 Å². The standard InChI is InChI=1S/C11H13O/c1-9-3-2-4-11(7-9)12-8-10-5-6-10/h2,4,7,10H,5-6,8H2,1H3. The van der Waals surface area contributed by atoms with Crippen LogP contribution in [0.3, 0.4) is 0 Å². The molecule has 0 spiro atoms. The Kier molecular flexibility index (Phi) is 2.03. The summed E-state index contributed by atoms with van der Waals surface area (Å²) in [5, 5.41) is 0. The van der Waals surface area contributed by atoms with Crippen LogP contribution >= 0.6 is 0 Å². The van der Waals surface area contributed by atoms with Crippen molar-refractivity contribution in [3.05, 3.63) is 29.8 Å². The van der Waals surface area contributed by atoms with Crippen molar-refractivity contribution < 1.29 is 4.74 Å². The molecule has 0 aromatic heterocycles. The van der Waals surface area contributed by atoms with Crippen molar-refractivity contribution in [2.75, 3.05) is 6.61 Å². The highest BCUT2D eigenvalue weighted by Crippen LogP contribution is 2.29. The van der Waals surface area contributed by atoms with Crippen LogP contribution in [0.4, 0.5) is 0 Å². The van der Waals surface area contributed by atoms with Crippen molar-refractivity contribution in [1.29, 1.82) is 0 Å². The summed E-state index contributed by atoms with van der Waals surface area (Å²) in [5.74, 6) is 1.81. The summed E-state index contributed by atoms with van der Waals surface area (Å²) in [6.45, 7) is 2.92. The molecule has 0 unspecified atom stereocenters. The van der Waals surface area contributed by atoms with Crippen LogP contribution in [0.1, 0.15) is 18.4 Å². The molecule has 0 aliphatic heterocycles. The number of aryl methyl sites for hydroxylation is 1. The third-order valence-corrected chi connectivity index (χ3v) is 2.10. The molecular formula is C11H13O. The Bertz CT molecular complexity index is 263. The molecule has 2 rings (SSSR count). The molecule has 0 heterocycles. The Balaban J connectivity index is 1.92. The van der Waals surface area contributed by atoms with E-state index in [9.17, 15) is 0 Å². The number of hydrogen-bond donors (Lipinski definition) is 0. The summed E-state index contributed by atoms with van der Waals surface area (Å²) in [4.78, 5) is 0. The van der Waals surface area contributed by atoms with Crippen LogP contribution in [0, 0.1) is 18.9 Å². The maximum absolute atomic E-state index is 5.59. The fourth-order valence-corrected chi connectivity index (χ4v) is 1.15. The van der Waals surface area contributed by atoms with Gasteiger partial charge in [0.2, 0.25) is 0 Å². The van der Waals surface area contributed by atoms with Gasteiger partial charge in [-0.3, -0.25) is 0 Å². The van der Waals surface area contributed by atoms with Gasteiger partial charge < -0.3 is 4.74 Å². The van der Waals surface area contributed by atoms with E-state index in [1.807, 2.05) is 25.1 Å². The minimum atomic E-state index is 0.828. The van der Waals surface area contributed by atoms with E-state index in [1.54, 1.807) is 0 Å². The number of benzene rings is 1. The Morgan fingerprint density at radius 1 is 1.58 bits per heavy atom. The van der Waals surface area contributed by atoms with Gasteiger partial charge in [-0.15, -0.1) is 0 Å². The van der Waals surface area contributed by atoms with Crippen LogP contribution in [0.15, 0.2) is 18.2 Å². The van der Waals surface area contributed by atoms with E-state index >= 15 is 0 Å². The van der Waals surface area contributed by atoms with Gasteiger partial charge >= 0.3 is 0 Å². The quantitative estimate of drug-likeness (QED) is 0.662. The first-order valence-corrected chi connectivity index (χ1v) is 4.46. The van der Waals surface area contributed by atoms with Crippen molar-refractivity contribution in [3.8, 4) is 5.75 Å². The Morgan fingerprint density at radius 2 is 2.42 bits per heavy atom. The topological polar surface area (TPSA) is 9.23 Å². The van der Waals surface area contributed by atoms with E-state index < -0.39 is 0 Å². The van der Waals surface area contributed by atoms with E-state index in [2.05, 4.69) is 6.07 Å². The molecule has 1 aliphatic rings. The summed E-state index contributed by atoms with van der Waals surface area (Å²) < 4.78 is 5.59. The first-order chi connectivity index (χ1) is 5.84. The van der Waals surface area contributed by atoms with E-state index in [0.29, 0.717) is 0 Å². The van der Waals surface area contributed by atoms with Crippen molar-refractivity contribution in [3.63, 3.8) is 0 Å². The zero-order chi connectivity index (χ0) is 8.39. The lowest BCUT2D eigenvalue weighted by Crippen LogP contribution is -1.98. The normalized spacial score (nSPS) is 16.1. The second-order valence-electron chi connectivity index (χ2n) is 3.46. The van der Waals surface area contributed by atoms with Gasteiger partial charge in [0.1, 0.15) is 5.75 Å². The molecular weight excluding hydrogens is 148 g/mol. The summed E-state index contributed by atoms with van der Waals surface area (Å²) in [5.41, 5.74) is 1.14. The molecule has 63 valence electrons. The van der Waals surface area contributed by atoms with E-state index in [4.69, 9.17) is 4.74 Å². The molecule has 1 heteroatoms. The van der Waals surface area contributed by atoms with Crippen LogP contribution in [0.2, 0.25) is 0 Å². The minimum Gasteiger partial charge on any atom is -0.493 e. The van der Waals surface area contributed by atoms with Crippen LogP contribution in [-0.2, 0) is 0 Å². The van der Waals surface area contributed by atoms with Crippen LogP contribution in [0.5, 0.6) is 5.75 Å². The van der Waals surface area contributed by atoms with E-state index in [-0.39, 0.29) is 0 Å². The predicted octanol–water partition coefficient (Wildman–Crippen LogP) is 2.58. The smallest absolute Gasteiger partial charge is 0.119 e. The monoisotopic (exact) mass is 161 g/mol. The molecule has 1 radical (unpaired) electrons. The Morgan fingerprint density at radius 3 is 3.08 bits per heavy atom. The second kappa shape index (κ2) is 3.18. The third kappa shape index (κ3) is 2.00. The average Bonchev–Trinajstić information content (AvgIpc) is 2.84. The maximum atomic E-state index is 5.59. The third-order valence-electron chi connectivity index (χ3n) is 2.10. The predicted molar refractivity (Wildman–Crippen MR) is 48.2 cm³/mol. The zero-order valence-electron chi connectivity index (χ0n) is 7.34. The molecule has 0 saturated heterocycles. The van der Waals surface area contributed by atoms with Crippen molar-refractivity contribution in [2.45, 2.75) is 19.8 Å². The first kappa shape index (κ1) is 7.66. The number of hydrogen-bond acceptors (Lipinski definition) is 1. The SMILES string of the molecule is Cc1[c]ccc(OCC2CC2)c1. The summed E-state index contributed by atoms with van der Waals surface area (Å²) in [6.07, 6.45) is 2.69. The van der Waals surface area contributed by atoms with E-state index in [0.717, 1.165) is 23.8 Å². The maximum Gasteiger partial charge on any atom is 0.119 e. The Hall–Kier alpha value is -0.980. The van der Waals surface area contributed by atoms with Gasteiger partial charge in [0.25, 0.3) is 0 Å². The first-order valence-electron chi connectivity index (χ1n) is 4.46. The fourth-order valence-electron chi connectivity index (χ4n) is 1.15. The highest BCUT2D eigenvalue weighted by molar-refractivity contribution is 5.26. The largest absolute Gasteiger partial charge is 0.493 e. The molecule has 0 atom stereocenters. The molecule has 12 heavy (non-hydrogen) atoms. The Labute approximate surface area is 73.4 Å². The highest BCUT2D eigenvalue weighted by Gasteiger charge is 2.21. The molecule has 0 amide bonds. The molecule has 1 aliphatic carbocycles. The van der Waals surface area contributed by atoms with Crippen LogP contribution < -0.4 is 4.74 Å². The van der Waals surface area contributed by atoms with E-state index in [1.165, 1.54) is 12.8 Å². The molecule has 1 aromatic rings. The lowest BCUT2D eigenvalue weighted by molar-refractivity contribution is 0.299. The molecule has 1 saturated carbocycles. The van der Waals surface area contributed by atoms with Crippen LogP contribution in [0.25, 0.3) is 0 Å². The van der Waals surface area contributed by atoms with Gasteiger partial charge in [-0.2, -0.15) is 0 Å². The van der Waals surface area contributed by atoms with Gasteiger partial charge in [-0.05, 0) is 49.4 Å². The zero-order valence-corrected chi connectivity index (χ0v) is 7.34. The summed E-state index contributed by atoms with van der Waals surface area (Å²) in [6, 6.07) is 9.01. The summed E-state index contributed by atoms with van der Waals surface area (Å²) >= 11 is 0. The van der Waals surface area contributed by atoms with Gasteiger partial charge in [-0.25, -0.2) is 0 Å². The number of ether oxygens (including phenoxy) is 1.